The molecule has 5 nitrogen and oxygen atoms in total. The molecule has 0 bridgehead atoms. The van der Waals surface area contributed by atoms with E-state index in [1.54, 1.807) is 0 Å². The molecule has 1 aromatic carbocycles. The first-order valence-corrected chi connectivity index (χ1v) is 6.67. The van der Waals surface area contributed by atoms with Crippen LogP contribution >= 0.6 is 0 Å². The van der Waals surface area contributed by atoms with E-state index >= 15 is 0 Å². The molecule has 2 aromatic heterocycles. The highest BCUT2D eigenvalue weighted by atomic mass is 19.1. The van der Waals surface area contributed by atoms with Crippen LogP contribution in [-0.4, -0.2) is 16.4 Å². The first kappa shape index (κ1) is 11.5. The Kier molecular flexibility index (Phi) is 3.21. The Morgan fingerprint density at radius 3 is 2.78 bits per heavy atom. The van der Waals surface area contributed by atoms with Gasteiger partial charge in [0.2, 0.25) is 5.88 Å². The monoisotopic (exact) mass is 315 g/mol. The molecule has 2 heterocycles. The number of hydrogen-bond acceptors (Lipinski definition) is 5. The van der Waals surface area contributed by atoms with Gasteiger partial charge in [-0.15, -0.1) is 0 Å². The van der Waals surface area contributed by atoms with E-state index in [1.165, 1.54) is 42.6 Å². The minimum absolute atomic E-state index is 0.169. The molecule has 0 saturated carbocycles. The fourth-order valence-corrected chi connectivity index (χ4v) is 1.97. The molecule has 3 aromatic rings. The summed E-state index contributed by atoms with van der Waals surface area (Å²) in [6.07, 6.45) is 1.98. The molecule has 0 unspecified atom stereocenters. The molecule has 23 heavy (non-hydrogen) atoms. The molecule has 116 valence electrons. The number of aldehydes is 1. The Labute approximate surface area is 135 Å². The lowest BCUT2D eigenvalue weighted by Gasteiger charge is -2.06. The lowest BCUT2D eigenvalue weighted by molar-refractivity contribution is 0.112. The van der Waals surface area contributed by atoms with Crippen molar-refractivity contribution in [3.8, 4) is 17.1 Å². The SMILES string of the molecule is [2H]C([2H])([2H])c1onc(-c2ccc(F)cc2)c1COc1ccc(C=O)cn1. The molecule has 0 fully saturated rings. The number of pyridine rings is 1. The number of aromatic nitrogens is 2. The Morgan fingerprint density at radius 1 is 1.30 bits per heavy atom. The summed E-state index contributed by atoms with van der Waals surface area (Å²) in [7, 11) is 0. The van der Waals surface area contributed by atoms with Crippen LogP contribution in [0.5, 0.6) is 5.88 Å². The fourth-order valence-electron chi connectivity index (χ4n) is 1.97. The van der Waals surface area contributed by atoms with Gasteiger partial charge in [-0.1, -0.05) is 5.16 Å². The van der Waals surface area contributed by atoms with E-state index < -0.39 is 12.7 Å². The van der Waals surface area contributed by atoms with Crippen LogP contribution in [0.4, 0.5) is 4.39 Å². The number of hydrogen-bond donors (Lipinski definition) is 0. The summed E-state index contributed by atoms with van der Waals surface area (Å²) in [5.74, 6) is -0.523. The van der Waals surface area contributed by atoms with Crippen molar-refractivity contribution < 1.29 is 22.6 Å². The van der Waals surface area contributed by atoms with Crippen molar-refractivity contribution >= 4 is 6.29 Å². The molecular formula is C17H13FN2O3. The molecule has 6 heteroatoms. The molecule has 0 radical (unpaired) electrons. The van der Waals surface area contributed by atoms with E-state index in [4.69, 9.17) is 13.4 Å². The lowest BCUT2D eigenvalue weighted by atomic mass is 10.1. The highest BCUT2D eigenvalue weighted by molar-refractivity contribution is 5.74. The molecule has 0 saturated heterocycles. The van der Waals surface area contributed by atoms with E-state index in [1.807, 2.05) is 0 Å². The topological polar surface area (TPSA) is 65.2 Å². The van der Waals surface area contributed by atoms with E-state index in [2.05, 4.69) is 10.1 Å². The van der Waals surface area contributed by atoms with Crippen LogP contribution in [0.15, 0.2) is 47.1 Å². The van der Waals surface area contributed by atoms with Gasteiger partial charge in [0.25, 0.3) is 0 Å². The van der Waals surface area contributed by atoms with Crippen molar-refractivity contribution in [2.45, 2.75) is 13.5 Å². The number of carbonyl (C=O) groups is 1. The fraction of sp³-hybridized carbons (Fsp3) is 0.118. The molecule has 0 aliphatic rings. The molecule has 0 N–H and O–H groups in total. The van der Waals surface area contributed by atoms with Crippen LogP contribution in [0.25, 0.3) is 11.3 Å². The smallest absolute Gasteiger partial charge is 0.213 e. The normalized spacial score (nSPS) is 13.0. The van der Waals surface area contributed by atoms with Crippen molar-refractivity contribution in [3.05, 3.63) is 65.3 Å². The van der Waals surface area contributed by atoms with E-state index in [0.29, 0.717) is 17.4 Å². The molecule has 0 aliphatic carbocycles. The van der Waals surface area contributed by atoms with E-state index in [-0.39, 0.29) is 29.5 Å². The van der Waals surface area contributed by atoms with E-state index in [0.717, 1.165) is 0 Å². The number of aryl methyl sites for hydroxylation is 1. The third kappa shape index (κ3) is 3.26. The quantitative estimate of drug-likeness (QED) is 0.673. The van der Waals surface area contributed by atoms with Gasteiger partial charge in [-0.2, -0.15) is 0 Å². The number of benzene rings is 1. The van der Waals surface area contributed by atoms with Crippen molar-refractivity contribution in [1.29, 1.82) is 0 Å². The summed E-state index contributed by atoms with van der Waals surface area (Å²) in [6.45, 7) is -2.70. The average molecular weight is 315 g/mol. The average Bonchev–Trinajstić information content (AvgIpc) is 3.05. The standard InChI is InChI=1S/C17H13FN2O3/c1-11-15(10-22-16-7-2-12(9-21)8-19-16)17(20-23-11)13-3-5-14(18)6-4-13/h2-9H,10H2,1H3/i1D3. The predicted octanol–water partition coefficient (Wildman–Crippen LogP) is 3.58. The largest absolute Gasteiger partial charge is 0.473 e. The summed E-state index contributed by atoms with van der Waals surface area (Å²) in [5.41, 5.74) is 1.35. The molecule has 0 aliphatic heterocycles. The second-order valence-electron chi connectivity index (χ2n) is 4.68. The number of nitrogens with zero attached hydrogens (tertiary/aromatic N) is 2. The van der Waals surface area contributed by atoms with Crippen molar-refractivity contribution in [1.82, 2.24) is 10.1 Å². The summed E-state index contributed by atoms with van der Waals surface area (Å²) in [5, 5.41) is 3.82. The van der Waals surface area contributed by atoms with Crippen LogP contribution < -0.4 is 4.74 Å². The molecule has 0 atom stereocenters. The predicted molar refractivity (Wildman–Crippen MR) is 80.6 cm³/mol. The summed E-state index contributed by atoms with van der Waals surface area (Å²) >= 11 is 0. The minimum Gasteiger partial charge on any atom is -0.473 e. The Bertz CT molecular complexity index is 906. The highest BCUT2D eigenvalue weighted by Crippen LogP contribution is 2.26. The zero-order valence-electron chi connectivity index (χ0n) is 14.8. The van der Waals surface area contributed by atoms with Crippen LogP contribution in [0.3, 0.4) is 0 Å². The number of halogens is 1. The highest BCUT2D eigenvalue weighted by Gasteiger charge is 2.15. The van der Waals surface area contributed by atoms with Gasteiger partial charge < -0.3 is 9.26 Å². The van der Waals surface area contributed by atoms with Crippen LogP contribution in [0.2, 0.25) is 0 Å². The van der Waals surface area contributed by atoms with Crippen LogP contribution in [-0.2, 0) is 6.61 Å². The molecular weight excluding hydrogens is 299 g/mol. The van der Waals surface area contributed by atoms with Gasteiger partial charge in [0, 0.05) is 27.5 Å². The van der Waals surface area contributed by atoms with Crippen molar-refractivity contribution in [3.63, 3.8) is 0 Å². The maximum Gasteiger partial charge on any atom is 0.213 e. The Balaban J connectivity index is 1.93. The van der Waals surface area contributed by atoms with Gasteiger partial charge in [0.05, 0.1) is 5.56 Å². The van der Waals surface area contributed by atoms with Crippen molar-refractivity contribution in [2.75, 3.05) is 0 Å². The second kappa shape index (κ2) is 6.39. The number of ether oxygens (including phenoxy) is 1. The first-order chi connectivity index (χ1) is 12.4. The van der Waals surface area contributed by atoms with Gasteiger partial charge in [-0.3, -0.25) is 4.79 Å². The molecule has 0 spiro atoms. The lowest BCUT2D eigenvalue weighted by Crippen LogP contribution is -2.00. The molecule has 3 rings (SSSR count). The summed E-state index contributed by atoms with van der Waals surface area (Å²) in [4.78, 5) is 14.6. The van der Waals surface area contributed by atoms with E-state index in [9.17, 15) is 9.18 Å². The van der Waals surface area contributed by atoms with Gasteiger partial charge in [-0.05, 0) is 37.2 Å². The Morgan fingerprint density at radius 2 is 2.13 bits per heavy atom. The summed E-state index contributed by atoms with van der Waals surface area (Å²) in [6, 6.07) is 8.43. The number of carbonyl (C=O) groups excluding carboxylic acids is 1. The van der Waals surface area contributed by atoms with Gasteiger partial charge >= 0.3 is 0 Å². The summed E-state index contributed by atoms with van der Waals surface area (Å²) < 4.78 is 46.4. The second-order valence-corrected chi connectivity index (χ2v) is 4.68. The maximum absolute atomic E-state index is 13.1. The van der Waals surface area contributed by atoms with Crippen LogP contribution in [0, 0.1) is 12.7 Å². The molecule has 0 amide bonds. The number of rotatable bonds is 5. The zero-order chi connectivity index (χ0) is 18.7. The van der Waals surface area contributed by atoms with Gasteiger partial charge in [-0.25, -0.2) is 9.37 Å². The maximum atomic E-state index is 13.1. The zero-order valence-corrected chi connectivity index (χ0v) is 11.8. The Hall–Kier alpha value is -3.02. The van der Waals surface area contributed by atoms with Gasteiger partial charge in [0.15, 0.2) is 6.29 Å². The minimum atomic E-state index is -2.53. The van der Waals surface area contributed by atoms with Crippen molar-refractivity contribution in [2.24, 2.45) is 0 Å². The van der Waals surface area contributed by atoms with Gasteiger partial charge in [0.1, 0.15) is 23.9 Å². The van der Waals surface area contributed by atoms with Crippen LogP contribution in [0.1, 0.15) is 25.8 Å². The third-order valence-corrected chi connectivity index (χ3v) is 3.17. The first-order valence-electron chi connectivity index (χ1n) is 8.17. The third-order valence-electron chi connectivity index (χ3n) is 3.17.